The molecule has 3 aromatic rings. The van der Waals surface area contributed by atoms with Crippen LogP contribution in [0.4, 0.5) is 0 Å². The molecule has 40 heavy (non-hydrogen) atoms. The van der Waals surface area contributed by atoms with E-state index in [9.17, 15) is 19.7 Å². The second-order valence-electron chi connectivity index (χ2n) is 8.90. The highest BCUT2D eigenvalue weighted by Gasteiger charge is 2.27. The second-order valence-corrected chi connectivity index (χ2v) is 8.90. The average Bonchev–Trinajstić information content (AvgIpc) is 2.95. The molecule has 0 aromatic heterocycles. The molecule has 2 amide bonds. The zero-order valence-electron chi connectivity index (χ0n) is 22.3. The third kappa shape index (κ3) is 9.43. The lowest BCUT2D eigenvalue weighted by Gasteiger charge is -2.23. The molecule has 3 aromatic carbocycles. The molecule has 0 saturated carbocycles. The number of hydrogen-bond acceptors (Lipinski definition) is 5. The van der Waals surface area contributed by atoms with Crippen molar-refractivity contribution < 1.29 is 19.4 Å². The second kappa shape index (κ2) is 15.5. The number of nitrogens with one attached hydrogen (secondary N) is 3. The predicted octanol–water partition coefficient (Wildman–Crippen LogP) is 2.89. The minimum atomic E-state index is -0.896. The van der Waals surface area contributed by atoms with E-state index in [2.05, 4.69) is 21.1 Å². The van der Waals surface area contributed by atoms with E-state index in [0.29, 0.717) is 13.0 Å². The SMILES string of the molecule is CCOc1ccc(CNC(=O)[C@@H](CCCN/C(N)=N\[N+](=O)[O-])NC(=O)C(c2ccccc2)c2ccccc2)cc1. The van der Waals surface area contributed by atoms with Crippen LogP contribution in [0.3, 0.4) is 0 Å². The Bertz CT molecular complexity index is 1230. The van der Waals surface area contributed by atoms with Gasteiger partial charge in [0, 0.05) is 13.1 Å². The smallest absolute Gasteiger partial charge is 0.266 e. The van der Waals surface area contributed by atoms with Crippen LogP contribution in [0.1, 0.15) is 42.4 Å². The molecule has 5 N–H and O–H groups in total. The minimum absolute atomic E-state index is 0.225. The van der Waals surface area contributed by atoms with E-state index in [1.165, 1.54) is 0 Å². The molecular weight excluding hydrogens is 512 g/mol. The molecule has 1 atom stereocenters. The molecule has 11 heteroatoms. The van der Waals surface area contributed by atoms with Crippen LogP contribution in [-0.4, -0.2) is 42.0 Å². The average molecular weight is 547 g/mol. The molecule has 11 nitrogen and oxygen atoms in total. The summed E-state index contributed by atoms with van der Waals surface area (Å²) in [7, 11) is 0. The summed E-state index contributed by atoms with van der Waals surface area (Å²) in [5, 5.41) is 21.1. The summed E-state index contributed by atoms with van der Waals surface area (Å²) in [6.07, 6.45) is 0.645. The zero-order chi connectivity index (χ0) is 28.7. The van der Waals surface area contributed by atoms with Gasteiger partial charge < -0.3 is 26.4 Å². The number of ether oxygens (including phenoxy) is 1. The lowest BCUT2D eigenvalue weighted by Crippen LogP contribution is -2.48. The first-order chi connectivity index (χ1) is 19.4. The van der Waals surface area contributed by atoms with Crippen molar-refractivity contribution in [1.29, 1.82) is 0 Å². The van der Waals surface area contributed by atoms with Crippen LogP contribution in [0.5, 0.6) is 5.75 Å². The number of hydrogen-bond donors (Lipinski definition) is 4. The molecule has 0 saturated heterocycles. The Hall–Kier alpha value is -4.93. The summed E-state index contributed by atoms with van der Waals surface area (Å²) in [4.78, 5) is 37.4. The number of carbonyl (C=O) groups excluding carboxylic acids is 2. The van der Waals surface area contributed by atoms with Crippen LogP contribution < -0.4 is 26.4 Å². The van der Waals surface area contributed by atoms with Crippen molar-refractivity contribution in [2.75, 3.05) is 13.2 Å². The van der Waals surface area contributed by atoms with Crippen LogP contribution >= 0.6 is 0 Å². The van der Waals surface area contributed by atoms with Gasteiger partial charge in [0.25, 0.3) is 5.96 Å². The first kappa shape index (κ1) is 29.6. The maximum atomic E-state index is 13.7. The van der Waals surface area contributed by atoms with Gasteiger partial charge in [-0.25, -0.2) is 10.1 Å². The number of benzene rings is 3. The Morgan fingerprint density at radius 1 is 0.925 bits per heavy atom. The number of guanidine groups is 1. The molecule has 0 heterocycles. The van der Waals surface area contributed by atoms with Crippen molar-refractivity contribution in [2.24, 2.45) is 10.8 Å². The first-order valence-corrected chi connectivity index (χ1v) is 13.0. The van der Waals surface area contributed by atoms with Gasteiger partial charge in [0.2, 0.25) is 11.8 Å². The molecule has 0 bridgehead atoms. The van der Waals surface area contributed by atoms with E-state index >= 15 is 0 Å². The molecule has 3 rings (SSSR count). The number of nitro groups is 1. The van der Waals surface area contributed by atoms with Gasteiger partial charge in [-0.2, -0.15) is 0 Å². The molecular formula is C29H34N6O5. The maximum Gasteiger partial charge on any atom is 0.266 e. The highest BCUT2D eigenvalue weighted by molar-refractivity contribution is 5.92. The number of nitrogens with two attached hydrogens (primary N) is 1. The number of hydrazone groups is 1. The Labute approximate surface area is 233 Å². The summed E-state index contributed by atoms with van der Waals surface area (Å²) in [5.74, 6) is -0.887. The van der Waals surface area contributed by atoms with Crippen LogP contribution in [-0.2, 0) is 16.1 Å². The van der Waals surface area contributed by atoms with Crippen molar-refractivity contribution in [3.63, 3.8) is 0 Å². The summed E-state index contributed by atoms with van der Waals surface area (Å²) in [6.45, 7) is 2.95. The van der Waals surface area contributed by atoms with Gasteiger partial charge in [-0.15, -0.1) is 0 Å². The topological polar surface area (TPSA) is 161 Å². The van der Waals surface area contributed by atoms with Crippen LogP contribution in [0.15, 0.2) is 90.0 Å². The van der Waals surface area contributed by atoms with Gasteiger partial charge in [0.15, 0.2) is 5.03 Å². The van der Waals surface area contributed by atoms with Crippen LogP contribution in [0, 0.1) is 10.1 Å². The Balaban J connectivity index is 1.73. The lowest BCUT2D eigenvalue weighted by atomic mass is 9.90. The van der Waals surface area contributed by atoms with E-state index in [1.54, 1.807) is 0 Å². The largest absolute Gasteiger partial charge is 0.494 e. The third-order valence-corrected chi connectivity index (χ3v) is 6.03. The highest BCUT2D eigenvalue weighted by atomic mass is 16.7. The van der Waals surface area contributed by atoms with Gasteiger partial charge in [0.1, 0.15) is 16.9 Å². The monoisotopic (exact) mass is 546 g/mol. The predicted molar refractivity (Wildman–Crippen MR) is 152 cm³/mol. The van der Waals surface area contributed by atoms with Crippen molar-refractivity contribution in [3.05, 3.63) is 112 Å². The number of carbonyl (C=O) groups is 2. The molecule has 0 aliphatic carbocycles. The van der Waals surface area contributed by atoms with Gasteiger partial charge >= 0.3 is 0 Å². The number of amides is 2. The van der Waals surface area contributed by atoms with Crippen molar-refractivity contribution in [2.45, 2.75) is 38.3 Å². The van der Waals surface area contributed by atoms with Gasteiger partial charge in [-0.1, -0.05) is 72.8 Å². The Morgan fingerprint density at radius 2 is 1.52 bits per heavy atom. The zero-order valence-corrected chi connectivity index (χ0v) is 22.3. The van der Waals surface area contributed by atoms with Crippen molar-refractivity contribution >= 4 is 17.8 Å². The minimum Gasteiger partial charge on any atom is -0.494 e. The normalized spacial score (nSPS) is 11.9. The fourth-order valence-electron chi connectivity index (χ4n) is 4.14. The first-order valence-electron chi connectivity index (χ1n) is 13.0. The fourth-order valence-corrected chi connectivity index (χ4v) is 4.14. The Morgan fingerprint density at radius 3 is 2.08 bits per heavy atom. The molecule has 0 aliphatic heterocycles. The van der Waals surface area contributed by atoms with E-state index < -0.39 is 17.0 Å². The summed E-state index contributed by atoms with van der Waals surface area (Å²) < 4.78 is 5.46. The fraction of sp³-hybridized carbons (Fsp3) is 0.276. The van der Waals surface area contributed by atoms with Crippen molar-refractivity contribution in [1.82, 2.24) is 16.0 Å². The van der Waals surface area contributed by atoms with Crippen LogP contribution in [0.25, 0.3) is 0 Å². The van der Waals surface area contributed by atoms with E-state index in [0.717, 1.165) is 22.4 Å². The molecule has 0 spiro atoms. The quantitative estimate of drug-likeness (QED) is 0.0795. The molecule has 0 radical (unpaired) electrons. The third-order valence-electron chi connectivity index (χ3n) is 6.03. The standard InChI is InChI=1S/C29H34N6O5/c1-2-40-24-17-15-21(16-18-24)20-32-27(36)25(14-9-19-31-29(30)34-35(38)39)33-28(37)26(22-10-5-3-6-11-22)23-12-7-4-8-13-23/h3-8,10-13,15-18,25-26H,2,9,14,19-20H2,1H3,(H,32,36)(H,33,37)(H3,30,31,34)/t25-/m1/s1. The van der Waals surface area contributed by atoms with Gasteiger partial charge in [0.05, 0.1) is 12.5 Å². The summed E-state index contributed by atoms with van der Waals surface area (Å²) in [6, 6.07) is 25.2. The van der Waals surface area contributed by atoms with E-state index in [4.69, 9.17) is 10.5 Å². The molecule has 0 unspecified atom stereocenters. The number of rotatable bonds is 14. The number of nitrogens with zero attached hydrogens (tertiary/aromatic N) is 2. The van der Waals surface area contributed by atoms with Gasteiger partial charge in [-0.3, -0.25) is 9.59 Å². The van der Waals surface area contributed by atoms with E-state index in [1.807, 2.05) is 91.9 Å². The van der Waals surface area contributed by atoms with Crippen molar-refractivity contribution in [3.8, 4) is 5.75 Å². The summed E-state index contributed by atoms with van der Waals surface area (Å²) >= 11 is 0. The molecule has 210 valence electrons. The van der Waals surface area contributed by atoms with Crippen LogP contribution in [0.2, 0.25) is 0 Å². The maximum absolute atomic E-state index is 13.7. The van der Waals surface area contributed by atoms with E-state index in [-0.39, 0.29) is 37.3 Å². The summed E-state index contributed by atoms with van der Waals surface area (Å²) in [5.41, 5.74) is 7.95. The molecule has 0 aliphatic rings. The Kier molecular flexibility index (Phi) is 11.5. The molecule has 0 fully saturated rings. The lowest BCUT2D eigenvalue weighted by molar-refractivity contribution is -0.485. The highest BCUT2D eigenvalue weighted by Crippen LogP contribution is 2.25. The van der Waals surface area contributed by atoms with Gasteiger partial charge in [-0.05, 0) is 48.6 Å².